The third-order valence-corrected chi connectivity index (χ3v) is 1.52. The molecule has 0 heterocycles. The van der Waals surface area contributed by atoms with Gasteiger partial charge < -0.3 is 22.3 Å². The number of benzene rings is 1. The molecule has 1 amide bonds. The van der Waals surface area contributed by atoms with Gasteiger partial charge in [0.05, 0.1) is 16.9 Å². The Bertz CT molecular complexity index is 336. The number of carbonyl (C=O) groups is 1. The molecule has 5 nitrogen and oxygen atoms in total. The summed E-state index contributed by atoms with van der Waals surface area (Å²) in [5, 5.41) is 9.24. The van der Waals surface area contributed by atoms with Crippen molar-refractivity contribution in [2.75, 3.05) is 11.5 Å². The molecule has 0 atom stereocenters. The first-order chi connectivity index (χ1) is 5.54. The summed E-state index contributed by atoms with van der Waals surface area (Å²) < 4.78 is 0. The van der Waals surface area contributed by atoms with Crippen molar-refractivity contribution in [1.29, 1.82) is 0 Å². The van der Waals surface area contributed by atoms with Crippen LogP contribution in [0.1, 0.15) is 10.4 Å². The number of carbonyl (C=O) groups excluding carboxylic acids is 1. The molecule has 5 heteroatoms. The second-order valence-electron chi connectivity index (χ2n) is 2.33. The molecule has 1 aromatic rings. The monoisotopic (exact) mass is 167 g/mol. The number of aromatic hydroxyl groups is 1. The van der Waals surface area contributed by atoms with Gasteiger partial charge in [-0.2, -0.15) is 0 Å². The number of nitrogen functional groups attached to an aromatic ring is 2. The summed E-state index contributed by atoms with van der Waals surface area (Å²) in [5.74, 6) is -1.10. The predicted octanol–water partition coefficient (Wildman–Crippen LogP) is -0.344. The fraction of sp³-hybridized carbons (Fsp3) is 0. The maximum Gasteiger partial charge on any atom is 0.252 e. The van der Waals surface area contributed by atoms with Gasteiger partial charge in [0.25, 0.3) is 5.91 Å². The molecule has 7 N–H and O–H groups in total. The summed E-state index contributed by atoms with van der Waals surface area (Å²) in [6.45, 7) is 0. The zero-order valence-electron chi connectivity index (χ0n) is 6.24. The molecule has 0 aliphatic rings. The van der Waals surface area contributed by atoms with Crippen LogP contribution in [0.15, 0.2) is 12.1 Å². The van der Waals surface area contributed by atoms with Crippen LogP contribution in [-0.4, -0.2) is 11.0 Å². The lowest BCUT2D eigenvalue weighted by atomic mass is 10.1. The number of phenols is 1. The van der Waals surface area contributed by atoms with E-state index in [9.17, 15) is 9.90 Å². The largest absolute Gasteiger partial charge is 0.505 e. The number of hydrogen-bond donors (Lipinski definition) is 4. The molecule has 0 bridgehead atoms. The van der Waals surface area contributed by atoms with Crippen LogP contribution in [-0.2, 0) is 0 Å². The highest BCUT2D eigenvalue weighted by Crippen LogP contribution is 2.29. The quantitative estimate of drug-likeness (QED) is 0.338. The van der Waals surface area contributed by atoms with E-state index in [1.54, 1.807) is 0 Å². The summed E-state index contributed by atoms with van der Waals surface area (Å²) in [7, 11) is 0. The van der Waals surface area contributed by atoms with Gasteiger partial charge in [0.2, 0.25) is 0 Å². The van der Waals surface area contributed by atoms with Crippen molar-refractivity contribution in [2.24, 2.45) is 5.73 Å². The van der Waals surface area contributed by atoms with Gasteiger partial charge in [-0.3, -0.25) is 4.79 Å². The van der Waals surface area contributed by atoms with Crippen LogP contribution < -0.4 is 17.2 Å². The smallest absolute Gasteiger partial charge is 0.252 e. The van der Waals surface area contributed by atoms with Crippen molar-refractivity contribution in [3.63, 3.8) is 0 Å². The number of rotatable bonds is 1. The van der Waals surface area contributed by atoms with Gasteiger partial charge >= 0.3 is 0 Å². The molecule has 0 unspecified atom stereocenters. The first-order valence-electron chi connectivity index (χ1n) is 3.20. The van der Waals surface area contributed by atoms with Crippen LogP contribution in [0.25, 0.3) is 0 Å². The lowest BCUT2D eigenvalue weighted by Crippen LogP contribution is -2.12. The van der Waals surface area contributed by atoms with Gasteiger partial charge in [0.1, 0.15) is 0 Å². The maximum atomic E-state index is 10.7. The molecule has 0 fully saturated rings. The third kappa shape index (κ3) is 1.12. The molecule has 0 radical (unpaired) electrons. The zero-order valence-corrected chi connectivity index (χ0v) is 6.24. The number of primary amides is 1. The van der Waals surface area contributed by atoms with Gasteiger partial charge in [0, 0.05) is 0 Å². The summed E-state index contributed by atoms with van der Waals surface area (Å²) in [6, 6.07) is 2.73. The Kier molecular flexibility index (Phi) is 1.78. The molecule has 0 saturated carbocycles. The molecular weight excluding hydrogens is 158 g/mol. The summed E-state index contributed by atoms with van der Waals surface area (Å²) >= 11 is 0. The van der Waals surface area contributed by atoms with Crippen LogP contribution in [0.2, 0.25) is 0 Å². The normalized spacial score (nSPS) is 9.67. The summed E-state index contributed by atoms with van der Waals surface area (Å²) in [6.07, 6.45) is 0. The Balaban J connectivity index is 3.36. The van der Waals surface area contributed by atoms with Crippen LogP contribution in [0, 0.1) is 0 Å². The van der Waals surface area contributed by atoms with Crippen LogP contribution in [0.4, 0.5) is 11.4 Å². The van der Waals surface area contributed by atoms with Crippen molar-refractivity contribution in [2.45, 2.75) is 0 Å². The van der Waals surface area contributed by atoms with E-state index >= 15 is 0 Å². The first kappa shape index (κ1) is 8.19. The molecule has 1 rings (SSSR count). The maximum absolute atomic E-state index is 10.7. The third-order valence-electron chi connectivity index (χ3n) is 1.52. The van der Waals surface area contributed by atoms with E-state index < -0.39 is 5.91 Å². The highest BCUT2D eigenvalue weighted by atomic mass is 16.3. The Morgan fingerprint density at radius 2 is 1.92 bits per heavy atom. The number of amides is 1. The molecule has 1 aromatic carbocycles. The van der Waals surface area contributed by atoms with Crippen molar-refractivity contribution >= 4 is 17.3 Å². The molecule has 12 heavy (non-hydrogen) atoms. The second kappa shape index (κ2) is 2.61. The van der Waals surface area contributed by atoms with Crippen LogP contribution in [0.3, 0.4) is 0 Å². The Morgan fingerprint density at radius 1 is 1.33 bits per heavy atom. The lowest BCUT2D eigenvalue weighted by molar-refractivity contribution is 0.0998. The van der Waals surface area contributed by atoms with E-state index in [0.29, 0.717) is 0 Å². The number of nitrogens with two attached hydrogens (primary N) is 3. The molecule has 0 spiro atoms. The van der Waals surface area contributed by atoms with E-state index in [0.717, 1.165) is 0 Å². The highest BCUT2D eigenvalue weighted by molar-refractivity contribution is 5.98. The fourth-order valence-corrected chi connectivity index (χ4v) is 0.822. The SMILES string of the molecule is NC(=O)c1ccc(N)c(N)c1O. The van der Waals surface area contributed by atoms with E-state index in [1.807, 2.05) is 0 Å². The summed E-state index contributed by atoms with van der Waals surface area (Å²) in [5.41, 5.74) is 15.8. The van der Waals surface area contributed by atoms with Gasteiger partial charge in [-0.1, -0.05) is 0 Å². The minimum Gasteiger partial charge on any atom is -0.505 e. The molecule has 0 aromatic heterocycles. The van der Waals surface area contributed by atoms with E-state index in [2.05, 4.69) is 0 Å². The van der Waals surface area contributed by atoms with Crippen molar-refractivity contribution in [1.82, 2.24) is 0 Å². The van der Waals surface area contributed by atoms with Crippen molar-refractivity contribution < 1.29 is 9.90 Å². The molecule has 0 aliphatic heterocycles. The van der Waals surface area contributed by atoms with Gasteiger partial charge in [-0.05, 0) is 12.1 Å². The van der Waals surface area contributed by atoms with Crippen LogP contribution >= 0.6 is 0 Å². The van der Waals surface area contributed by atoms with Crippen LogP contribution in [0.5, 0.6) is 5.75 Å². The number of hydrogen-bond acceptors (Lipinski definition) is 4. The summed E-state index contributed by atoms with van der Waals surface area (Å²) in [4.78, 5) is 10.7. The van der Waals surface area contributed by atoms with Gasteiger partial charge in [-0.15, -0.1) is 0 Å². The van der Waals surface area contributed by atoms with Crippen molar-refractivity contribution in [3.05, 3.63) is 17.7 Å². The van der Waals surface area contributed by atoms with E-state index in [-0.39, 0.29) is 22.7 Å². The lowest BCUT2D eigenvalue weighted by Gasteiger charge is -2.05. The standard InChI is InChI=1S/C7H9N3O2/c8-4-2-1-3(7(10)12)6(11)5(4)9/h1-2,11H,8-9H2,(H2,10,12). The Morgan fingerprint density at radius 3 is 2.42 bits per heavy atom. The minimum atomic E-state index is -0.737. The zero-order chi connectivity index (χ0) is 9.30. The fourth-order valence-electron chi connectivity index (χ4n) is 0.822. The first-order valence-corrected chi connectivity index (χ1v) is 3.20. The molecule has 0 aliphatic carbocycles. The Labute approximate surface area is 68.8 Å². The minimum absolute atomic E-state index is 0.0219. The second-order valence-corrected chi connectivity index (χ2v) is 2.33. The van der Waals surface area contributed by atoms with Crippen molar-refractivity contribution in [3.8, 4) is 5.75 Å². The topological polar surface area (TPSA) is 115 Å². The average Bonchev–Trinajstić information content (AvgIpc) is 2.00. The van der Waals surface area contributed by atoms with Gasteiger partial charge in [-0.25, -0.2) is 0 Å². The van der Waals surface area contributed by atoms with E-state index in [4.69, 9.17) is 17.2 Å². The predicted molar refractivity (Wildman–Crippen MR) is 45.4 cm³/mol. The average molecular weight is 167 g/mol. The molecular formula is C7H9N3O2. The number of anilines is 2. The van der Waals surface area contributed by atoms with Gasteiger partial charge in [0.15, 0.2) is 5.75 Å². The molecule has 0 saturated heterocycles. The van der Waals surface area contributed by atoms with E-state index in [1.165, 1.54) is 12.1 Å². The molecule has 64 valence electrons. The highest BCUT2D eigenvalue weighted by Gasteiger charge is 2.11. The Hall–Kier alpha value is -1.91.